The molecule has 2 aromatic rings. The first-order valence-electron chi connectivity index (χ1n) is 9.32. The van der Waals surface area contributed by atoms with E-state index in [1.807, 2.05) is 4.90 Å². The zero-order valence-corrected chi connectivity index (χ0v) is 16.1. The molecule has 1 fully saturated rings. The van der Waals surface area contributed by atoms with E-state index in [1.54, 1.807) is 18.2 Å². The normalized spacial score (nSPS) is 14.0. The molecule has 8 nitrogen and oxygen atoms in total. The van der Waals surface area contributed by atoms with E-state index in [4.69, 9.17) is 9.94 Å². The summed E-state index contributed by atoms with van der Waals surface area (Å²) in [5.74, 6) is -1.74. The van der Waals surface area contributed by atoms with Gasteiger partial charge in [-0.05, 0) is 42.0 Å². The van der Waals surface area contributed by atoms with Crippen LogP contribution >= 0.6 is 0 Å². The monoisotopic (exact) mass is 415 g/mol. The Hall–Kier alpha value is -3.43. The molecule has 9 heteroatoms. The molecule has 0 unspecified atom stereocenters. The largest absolute Gasteiger partial charge is 0.507 e. The van der Waals surface area contributed by atoms with Gasteiger partial charge in [0, 0.05) is 37.0 Å². The van der Waals surface area contributed by atoms with Crippen LogP contribution in [0.5, 0.6) is 5.75 Å². The number of aromatic hydroxyl groups is 1. The van der Waals surface area contributed by atoms with Crippen LogP contribution in [0.15, 0.2) is 42.5 Å². The van der Waals surface area contributed by atoms with Crippen molar-refractivity contribution in [2.75, 3.05) is 31.2 Å². The molecule has 0 bridgehead atoms. The lowest BCUT2D eigenvalue weighted by atomic mass is 10.1. The van der Waals surface area contributed by atoms with Crippen LogP contribution in [-0.4, -0.2) is 48.4 Å². The number of halogens is 1. The molecule has 158 valence electrons. The van der Waals surface area contributed by atoms with Crippen molar-refractivity contribution in [2.45, 2.75) is 6.54 Å². The number of nitrogens with zero attached hydrogens (tertiary/aromatic N) is 1. The summed E-state index contributed by atoms with van der Waals surface area (Å²) in [7, 11) is 0. The molecule has 1 saturated heterocycles. The van der Waals surface area contributed by atoms with Crippen LogP contribution in [0.4, 0.5) is 10.1 Å². The first kappa shape index (κ1) is 21.3. The summed E-state index contributed by atoms with van der Waals surface area (Å²) in [6, 6.07) is 8.75. The van der Waals surface area contributed by atoms with Crippen molar-refractivity contribution in [1.29, 1.82) is 0 Å². The first-order valence-corrected chi connectivity index (χ1v) is 9.32. The summed E-state index contributed by atoms with van der Waals surface area (Å²) in [6.07, 6.45) is 2.38. The molecule has 2 aromatic carbocycles. The van der Waals surface area contributed by atoms with Crippen molar-refractivity contribution < 1.29 is 29.0 Å². The number of hydrogen-bond acceptors (Lipinski definition) is 6. The number of benzene rings is 2. The number of rotatable bonds is 6. The number of hydrogen-bond donors (Lipinski definition) is 4. The Balaban J connectivity index is 1.74. The minimum absolute atomic E-state index is 0.0631. The maximum Gasteiger partial charge on any atom is 0.267 e. The highest BCUT2D eigenvalue weighted by atomic mass is 19.1. The number of hydroxylamine groups is 1. The highest BCUT2D eigenvalue weighted by Gasteiger charge is 2.19. The van der Waals surface area contributed by atoms with Gasteiger partial charge in [0.25, 0.3) is 11.8 Å². The number of ether oxygens (including phenoxy) is 1. The van der Waals surface area contributed by atoms with Crippen LogP contribution in [-0.2, 0) is 16.1 Å². The van der Waals surface area contributed by atoms with Crippen molar-refractivity contribution >= 4 is 23.6 Å². The van der Waals surface area contributed by atoms with Crippen LogP contribution in [0.25, 0.3) is 6.08 Å². The Morgan fingerprint density at radius 1 is 1.17 bits per heavy atom. The van der Waals surface area contributed by atoms with Crippen LogP contribution in [0.2, 0.25) is 0 Å². The third-order valence-electron chi connectivity index (χ3n) is 4.62. The van der Waals surface area contributed by atoms with E-state index in [-0.39, 0.29) is 17.9 Å². The van der Waals surface area contributed by atoms with Gasteiger partial charge in [0.15, 0.2) is 0 Å². The third kappa shape index (κ3) is 5.34. The molecule has 0 spiro atoms. The Labute approximate surface area is 172 Å². The molecule has 2 amide bonds. The van der Waals surface area contributed by atoms with Gasteiger partial charge < -0.3 is 20.1 Å². The summed E-state index contributed by atoms with van der Waals surface area (Å²) in [5.41, 5.74) is 3.33. The Kier molecular flexibility index (Phi) is 6.99. The van der Waals surface area contributed by atoms with Crippen LogP contribution < -0.4 is 15.7 Å². The standard InChI is InChI=1S/C21H22FN3O5/c22-16-3-4-18(25-7-9-30-10-8-25)17(12-16)21(28)23-13-14-1-5-19(26)15(11-14)2-6-20(27)24-29/h1-6,11-12,26,29H,7-10,13H2,(H,23,28)(H,24,27)/b6-2+. The summed E-state index contributed by atoms with van der Waals surface area (Å²) in [4.78, 5) is 25.9. The molecule has 4 N–H and O–H groups in total. The Bertz CT molecular complexity index is 958. The fourth-order valence-corrected chi connectivity index (χ4v) is 3.10. The van der Waals surface area contributed by atoms with Crippen molar-refractivity contribution in [1.82, 2.24) is 10.8 Å². The van der Waals surface area contributed by atoms with E-state index >= 15 is 0 Å². The van der Waals surface area contributed by atoms with E-state index in [9.17, 15) is 19.1 Å². The smallest absolute Gasteiger partial charge is 0.267 e. The van der Waals surface area contributed by atoms with Crippen molar-refractivity contribution in [2.24, 2.45) is 0 Å². The van der Waals surface area contributed by atoms with Gasteiger partial charge >= 0.3 is 0 Å². The molecule has 1 heterocycles. The summed E-state index contributed by atoms with van der Waals surface area (Å²) >= 11 is 0. The topological polar surface area (TPSA) is 111 Å². The van der Waals surface area contributed by atoms with Gasteiger partial charge in [0.2, 0.25) is 0 Å². The Morgan fingerprint density at radius 3 is 2.67 bits per heavy atom. The lowest BCUT2D eigenvalue weighted by Crippen LogP contribution is -2.38. The van der Waals surface area contributed by atoms with E-state index in [1.165, 1.54) is 29.8 Å². The number of carbonyl (C=O) groups excluding carboxylic acids is 2. The molecule has 0 aliphatic carbocycles. The quantitative estimate of drug-likeness (QED) is 0.325. The SMILES string of the molecule is O=C(/C=C/c1cc(CNC(=O)c2cc(F)ccc2N2CCOCC2)ccc1O)NO. The molecule has 30 heavy (non-hydrogen) atoms. The van der Waals surface area contributed by atoms with E-state index in [2.05, 4.69) is 5.32 Å². The van der Waals surface area contributed by atoms with Gasteiger partial charge in [-0.1, -0.05) is 6.07 Å². The predicted octanol–water partition coefficient (Wildman–Crippen LogP) is 1.82. The summed E-state index contributed by atoms with van der Waals surface area (Å²) in [5, 5.41) is 21.2. The maximum atomic E-state index is 13.8. The van der Waals surface area contributed by atoms with Gasteiger partial charge in [-0.25, -0.2) is 9.87 Å². The lowest BCUT2D eigenvalue weighted by molar-refractivity contribution is -0.124. The van der Waals surface area contributed by atoms with Gasteiger partial charge in [-0.15, -0.1) is 0 Å². The molecule has 3 rings (SSSR count). The maximum absolute atomic E-state index is 13.8. The lowest BCUT2D eigenvalue weighted by Gasteiger charge is -2.30. The average molecular weight is 415 g/mol. The minimum Gasteiger partial charge on any atom is -0.507 e. The second-order valence-electron chi connectivity index (χ2n) is 6.65. The van der Waals surface area contributed by atoms with E-state index in [0.717, 1.165) is 6.08 Å². The second-order valence-corrected chi connectivity index (χ2v) is 6.65. The van der Waals surface area contributed by atoms with Gasteiger partial charge in [-0.2, -0.15) is 0 Å². The molecule has 0 aromatic heterocycles. The van der Waals surface area contributed by atoms with E-state index in [0.29, 0.717) is 43.1 Å². The number of phenolic OH excluding ortho intramolecular Hbond substituents is 1. The number of carbonyl (C=O) groups is 2. The molecule has 0 radical (unpaired) electrons. The van der Waals surface area contributed by atoms with Gasteiger partial charge in [0.1, 0.15) is 11.6 Å². The molecular weight excluding hydrogens is 393 g/mol. The van der Waals surface area contributed by atoms with Gasteiger partial charge in [-0.3, -0.25) is 14.8 Å². The molecule has 1 aliphatic heterocycles. The first-order chi connectivity index (χ1) is 14.5. The summed E-state index contributed by atoms with van der Waals surface area (Å²) < 4.78 is 19.1. The van der Waals surface area contributed by atoms with Crippen LogP contribution in [0.3, 0.4) is 0 Å². The number of nitrogens with one attached hydrogen (secondary N) is 2. The number of morpholine rings is 1. The molecule has 1 aliphatic rings. The highest BCUT2D eigenvalue weighted by Crippen LogP contribution is 2.24. The zero-order chi connectivity index (χ0) is 21.5. The second kappa shape index (κ2) is 9.86. The van der Waals surface area contributed by atoms with Crippen LogP contribution in [0, 0.1) is 5.82 Å². The van der Waals surface area contributed by atoms with Crippen molar-refractivity contribution in [3.8, 4) is 5.75 Å². The minimum atomic E-state index is -0.741. The average Bonchev–Trinajstić information content (AvgIpc) is 2.77. The number of amides is 2. The fourth-order valence-electron chi connectivity index (χ4n) is 3.10. The predicted molar refractivity (Wildman–Crippen MR) is 108 cm³/mol. The Morgan fingerprint density at radius 2 is 1.93 bits per heavy atom. The number of phenols is 1. The molecular formula is C21H22FN3O5. The molecule has 0 saturated carbocycles. The van der Waals surface area contributed by atoms with Crippen LogP contribution in [0.1, 0.15) is 21.5 Å². The van der Waals surface area contributed by atoms with E-state index < -0.39 is 17.6 Å². The number of anilines is 1. The third-order valence-corrected chi connectivity index (χ3v) is 4.62. The zero-order valence-electron chi connectivity index (χ0n) is 16.1. The highest BCUT2D eigenvalue weighted by molar-refractivity contribution is 5.99. The van der Waals surface area contributed by atoms with Crippen molar-refractivity contribution in [3.63, 3.8) is 0 Å². The fraction of sp³-hybridized carbons (Fsp3) is 0.238. The van der Waals surface area contributed by atoms with Gasteiger partial charge in [0.05, 0.1) is 18.8 Å². The molecule has 0 atom stereocenters. The van der Waals surface area contributed by atoms with Crippen molar-refractivity contribution in [3.05, 3.63) is 65.0 Å². The summed E-state index contributed by atoms with van der Waals surface area (Å²) in [6.45, 7) is 2.43.